The van der Waals surface area contributed by atoms with Gasteiger partial charge in [-0.15, -0.1) is 0 Å². The molecule has 5 aromatic carbocycles. The third-order valence-corrected chi connectivity index (χ3v) is 7.04. The molecule has 32 heavy (non-hydrogen) atoms. The first-order chi connectivity index (χ1) is 15.9. The summed E-state index contributed by atoms with van der Waals surface area (Å²) in [6.07, 6.45) is 0. The van der Waals surface area contributed by atoms with Crippen molar-refractivity contribution in [3.8, 4) is 11.1 Å². The summed E-state index contributed by atoms with van der Waals surface area (Å²) < 4.78 is 2.43. The molecule has 2 nitrogen and oxygen atoms in total. The molecule has 1 N–H and O–H groups in total. The van der Waals surface area contributed by atoms with Crippen LogP contribution in [0.1, 0.15) is 0 Å². The number of nitrogens with one attached hydrogen (secondary N) is 1. The van der Waals surface area contributed by atoms with E-state index in [-0.39, 0.29) is 0 Å². The van der Waals surface area contributed by atoms with Crippen molar-refractivity contribution in [2.45, 2.75) is 0 Å². The van der Waals surface area contributed by atoms with Crippen LogP contribution in [0.3, 0.4) is 0 Å². The van der Waals surface area contributed by atoms with Crippen molar-refractivity contribution in [1.29, 1.82) is 0 Å². The topological polar surface area (TPSA) is 20.2 Å². The zero-order valence-corrected chi connectivity index (χ0v) is 17.3. The van der Waals surface area contributed by atoms with Gasteiger partial charge in [0.25, 0.3) is 0 Å². The molecule has 2 heteroatoms. The number of fused-ring (bicyclic) bond motifs is 9. The molecule has 0 unspecified atom stereocenters. The Kier molecular flexibility index (Phi) is 2.91. The van der Waals surface area contributed by atoms with E-state index in [2.05, 4.69) is 113 Å². The summed E-state index contributed by atoms with van der Waals surface area (Å²) in [7, 11) is 0. The van der Waals surface area contributed by atoms with Gasteiger partial charge in [-0.2, -0.15) is 0 Å². The monoisotopic (exact) mass is 406 g/mol. The second kappa shape index (κ2) is 5.68. The maximum atomic E-state index is 3.55. The van der Waals surface area contributed by atoms with Crippen molar-refractivity contribution < 1.29 is 0 Å². The summed E-state index contributed by atoms with van der Waals surface area (Å²) in [6.45, 7) is 0. The highest BCUT2D eigenvalue weighted by molar-refractivity contribution is 6.24. The molecule has 8 rings (SSSR count). The van der Waals surface area contributed by atoms with E-state index < -0.39 is 0 Å². The molecule has 0 amide bonds. The van der Waals surface area contributed by atoms with E-state index in [1.54, 1.807) is 0 Å². The molecule has 0 saturated heterocycles. The number of hydrogen-bond acceptors (Lipinski definition) is 0. The maximum absolute atomic E-state index is 3.55. The lowest BCUT2D eigenvalue weighted by Crippen LogP contribution is -1.80. The van der Waals surface area contributed by atoms with Crippen LogP contribution < -0.4 is 0 Å². The highest BCUT2D eigenvalue weighted by atomic mass is 14.9. The largest absolute Gasteiger partial charge is 0.355 e. The lowest BCUT2D eigenvalue weighted by molar-refractivity contribution is 1.37. The minimum atomic E-state index is 1.18. The van der Waals surface area contributed by atoms with Crippen molar-refractivity contribution >= 4 is 59.9 Å². The Morgan fingerprint density at radius 1 is 0.438 bits per heavy atom. The molecule has 0 atom stereocenters. The Balaban J connectivity index is 1.52. The molecule has 3 aromatic heterocycles. The summed E-state index contributed by atoms with van der Waals surface area (Å²) in [6, 6.07) is 37.6. The fourth-order valence-corrected chi connectivity index (χ4v) is 5.64. The summed E-state index contributed by atoms with van der Waals surface area (Å²) in [5, 5.41) is 7.82. The van der Waals surface area contributed by atoms with Crippen LogP contribution in [0.15, 0.2) is 103 Å². The molecule has 3 heterocycles. The summed E-state index contributed by atoms with van der Waals surface area (Å²) in [5.74, 6) is 0. The predicted molar refractivity (Wildman–Crippen MR) is 136 cm³/mol. The van der Waals surface area contributed by atoms with Crippen molar-refractivity contribution in [2.24, 2.45) is 0 Å². The number of H-pyrrole nitrogens is 1. The third kappa shape index (κ3) is 1.95. The average molecular weight is 406 g/mol. The van der Waals surface area contributed by atoms with Gasteiger partial charge in [0.2, 0.25) is 0 Å². The van der Waals surface area contributed by atoms with E-state index in [4.69, 9.17) is 0 Å². The number of benzene rings is 5. The van der Waals surface area contributed by atoms with E-state index in [0.29, 0.717) is 0 Å². The normalized spacial score (nSPS) is 12.4. The van der Waals surface area contributed by atoms with Gasteiger partial charge in [-0.3, -0.25) is 0 Å². The zero-order chi connectivity index (χ0) is 20.8. The Morgan fingerprint density at radius 2 is 1.00 bits per heavy atom. The number of hydrogen-bond donors (Lipinski definition) is 1. The standard InChI is InChI=1S/C30H18N2/c1-4-10-26-20(7-1)23-15-18(13-14-27(23)31-26)19-16-24-21-8-2-5-11-28(21)32-29-12-6-3-9-22(29)25(17-19)30(24)32/h1-17,31H. The first-order valence-electron chi connectivity index (χ1n) is 11.0. The van der Waals surface area contributed by atoms with Crippen LogP contribution in [0.5, 0.6) is 0 Å². The second-order valence-corrected chi connectivity index (χ2v) is 8.72. The first kappa shape index (κ1) is 16.4. The number of nitrogens with zero attached hydrogens (tertiary/aromatic N) is 1. The third-order valence-electron chi connectivity index (χ3n) is 7.04. The molecule has 0 spiro atoms. The van der Waals surface area contributed by atoms with Gasteiger partial charge in [-0.25, -0.2) is 0 Å². The minimum Gasteiger partial charge on any atom is -0.355 e. The number of rotatable bonds is 1. The van der Waals surface area contributed by atoms with Crippen LogP contribution in [-0.2, 0) is 0 Å². The molecular weight excluding hydrogens is 388 g/mol. The quantitative estimate of drug-likeness (QED) is 0.284. The number of aromatic amines is 1. The van der Waals surface area contributed by atoms with Crippen LogP contribution in [0, 0.1) is 0 Å². The zero-order valence-electron chi connectivity index (χ0n) is 17.3. The average Bonchev–Trinajstić information content (AvgIpc) is 3.50. The van der Waals surface area contributed by atoms with E-state index >= 15 is 0 Å². The van der Waals surface area contributed by atoms with Crippen molar-refractivity contribution in [3.05, 3.63) is 103 Å². The first-order valence-corrected chi connectivity index (χ1v) is 11.0. The van der Waals surface area contributed by atoms with Crippen molar-refractivity contribution in [1.82, 2.24) is 9.38 Å². The predicted octanol–water partition coefficient (Wildman–Crippen LogP) is 8.14. The van der Waals surface area contributed by atoms with Crippen molar-refractivity contribution in [2.75, 3.05) is 0 Å². The summed E-state index contributed by atoms with van der Waals surface area (Å²) in [4.78, 5) is 3.55. The Morgan fingerprint density at radius 3 is 1.72 bits per heavy atom. The molecule has 8 aromatic rings. The molecular formula is C30H18N2. The van der Waals surface area contributed by atoms with Gasteiger partial charge in [-0.05, 0) is 53.6 Å². The number of para-hydroxylation sites is 3. The van der Waals surface area contributed by atoms with Gasteiger partial charge in [0, 0.05) is 43.4 Å². The summed E-state index contributed by atoms with van der Waals surface area (Å²) in [5.41, 5.74) is 8.76. The molecule has 148 valence electrons. The van der Waals surface area contributed by atoms with Crippen LogP contribution in [0.2, 0.25) is 0 Å². The smallest absolute Gasteiger partial charge is 0.0620 e. The van der Waals surface area contributed by atoms with Crippen molar-refractivity contribution in [3.63, 3.8) is 0 Å². The van der Waals surface area contributed by atoms with E-state index in [1.807, 2.05) is 0 Å². The fraction of sp³-hybridized carbons (Fsp3) is 0. The minimum absolute atomic E-state index is 1.18. The van der Waals surface area contributed by atoms with Crippen LogP contribution in [-0.4, -0.2) is 9.38 Å². The lowest BCUT2D eigenvalue weighted by Gasteiger charge is -2.05. The summed E-state index contributed by atoms with van der Waals surface area (Å²) >= 11 is 0. The van der Waals surface area contributed by atoms with Gasteiger partial charge >= 0.3 is 0 Å². The van der Waals surface area contributed by atoms with E-state index in [0.717, 1.165) is 0 Å². The lowest BCUT2D eigenvalue weighted by atomic mass is 9.98. The Labute approximate surface area is 183 Å². The molecule has 0 bridgehead atoms. The van der Waals surface area contributed by atoms with Gasteiger partial charge < -0.3 is 9.38 Å². The van der Waals surface area contributed by atoms with Crippen LogP contribution >= 0.6 is 0 Å². The van der Waals surface area contributed by atoms with Gasteiger partial charge in [0.15, 0.2) is 0 Å². The maximum Gasteiger partial charge on any atom is 0.0620 e. The molecule has 0 aliphatic carbocycles. The SMILES string of the molecule is c1ccc2c(c1)[nH]c1ccc(-c3cc4c5ccccc5n5c6ccccc6c(c3)c45)cc12. The molecule has 0 aliphatic heterocycles. The van der Waals surface area contributed by atoms with Gasteiger partial charge in [0.1, 0.15) is 0 Å². The Bertz CT molecular complexity index is 1900. The highest BCUT2D eigenvalue weighted by Crippen LogP contribution is 2.42. The number of aromatic nitrogens is 2. The second-order valence-electron chi connectivity index (χ2n) is 8.72. The Hall–Kier alpha value is -4.30. The molecule has 0 saturated carbocycles. The molecule has 0 aliphatic rings. The van der Waals surface area contributed by atoms with Gasteiger partial charge in [0.05, 0.1) is 16.6 Å². The van der Waals surface area contributed by atoms with E-state index in [1.165, 1.54) is 71.0 Å². The molecule has 0 fully saturated rings. The van der Waals surface area contributed by atoms with Gasteiger partial charge in [-0.1, -0.05) is 60.7 Å². The van der Waals surface area contributed by atoms with Crippen LogP contribution in [0.25, 0.3) is 71.0 Å². The highest BCUT2D eigenvalue weighted by Gasteiger charge is 2.18. The molecule has 0 radical (unpaired) electrons. The van der Waals surface area contributed by atoms with Crippen LogP contribution in [0.4, 0.5) is 0 Å². The van der Waals surface area contributed by atoms with E-state index in [9.17, 15) is 0 Å². The fourth-order valence-electron chi connectivity index (χ4n) is 5.64.